The second kappa shape index (κ2) is 7.78. The van der Waals surface area contributed by atoms with Crippen LogP contribution < -0.4 is 10.6 Å². The van der Waals surface area contributed by atoms with Crippen molar-refractivity contribution in [3.63, 3.8) is 0 Å². The molecule has 0 saturated carbocycles. The molecule has 2 rings (SSSR count). The normalized spacial score (nSPS) is 11.9. The van der Waals surface area contributed by atoms with Gasteiger partial charge in [-0.2, -0.15) is 0 Å². The van der Waals surface area contributed by atoms with Crippen molar-refractivity contribution >= 4 is 22.9 Å². The van der Waals surface area contributed by atoms with Crippen LogP contribution in [0.1, 0.15) is 48.1 Å². The van der Waals surface area contributed by atoms with Crippen LogP contribution in [0.2, 0.25) is 0 Å². The fourth-order valence-electron chi connectivity index (χ4n) is 2.13. The topological polar surface area (TPSA) is 54.0 Å². The first-order valence-corrected chi connectivity index (χ1v) is 8.16. The van der Waals surface area contributed by atoms with Gasteiger partial charge >= 0.3 is 0 Å². The molecule has 5 heteroatoms. The van der Waals surface area contributed by atoms with Crippen LogP contribution >= 0.6 is 11.3 Å². The van der Waals surface area contributed by atoms with Crippen molar-refractivity contribution in [1.82, 2.24) is 10.3 Å². The van der Waals surface area contributed by atoms with Crippen molar-refractivity contribution in [2.75, 3.05) is 11.9 Å². The van der Waals surface area contributed by atoms with E-state index in [1.807, 2.05) is 24.4 Å². The molecule has 4 nitrogen and oxygen atoms in total. The van der Waals surface area contributed by atoms with Gasteiger partial charge in [-0.1, -0.05) is 19.4 Å². The average molecular weight is 303 g/mol. The average Bonchev–Trinajstić information content (AvgIpc) is 3.02. The molecule has 0 radical (unpaired) electrons. The molecular weight excluding hydrogens is 282 g/mol. The Labute approximate surface area is 129 Å². The maximum absolute atomic E-state index is 12.3. The molecule has 0 bridgehead atoms. The highest BCUT2D eigenvalue weighted by Crippen LogP contribution is 2.23. The Hall–Kier alpha value is -1.88. The molecule has 2 N–H and O–H groups in total. The molecule has 0 aliphatic rings. The maximum atomic E-state index is 12.3. The van der Waals surface area contributed by atoms with Crippen LogP contribution in [0.4, 0.5) is 5.69 Å². The summed E-state index contributed by atoms with van der Waals surface area (Å²) in [5.74, 6) is -0.120. The Morgan fingerprint density at radius 3 is 2.76 bits per heavy atom. The summed E-state index contributed by atoms with van der Waals surface area (Å²) in [5, 5.41) is 8.28. The monoisotopic (exact) mass is 303 g/mol. The highest BCUT2D eigenvalue weighted by molar-refractivity contribution is 7.10. The minimum atomic E-state index is -0.120. The number of thiophene rings is 1. The van der Waals surface area contributed by atoms with Gasteiger partial charge in [0.15, 0.2) is 0 Å². The van der Waals surface area contributed by atoms with Crippen LogP contribution in [0.15, 0.2) is 35.8 Å². The number of aromatic nitrogens is 1. The first kappa shape index (κ1) is 15.5. The van der Waals surface area contributed by atoms with Gasteiger partial charge < -0.3 is 10.6 Å². The number of hydrogen-bond acceptors (Lipinski definition) is 4. The van der Waals surface area contributed by atoms with E-state index in [1.54, 1.807) is 23.6 Å². The number of carbonyl (C=O) groups is 1. The number of pyridine rings is 1. The lowest BCUT2D eigenvalue weighted by molar-refractivity contribution is 0.0930. The quantitative estimate of drug-likeness (QED) is 0.817. The fourth-order valence-corrected chi connectivity index (χ4v) is 2.95. The molecule has 21 heavy (non-hydrogen) atoms. The molecule has 2 aromatic heterocycles. The third-order valence-corrected chi connectivity index (χ3v) is 4.13. The number of amides is 1. The van der Waals surface area contributed by atoms with E-state index in [2.05, 4.69) is 28.6 Å². The molecule has 0 fully saturated rings. The molecule has 1 atom stereocenters. The van der Waals surface area contributed by atoms with Crippen molar-refractivity contribution in [2.45, 2.75) is 32.7 Å². The zero-order chi connectivity index (χ0) is 15.1. The van der Waals surface area contributed by atoms with Crippen LogP contribution in [0.25, 0.3) is 0 Å². The van der Waals surface area contributed by atoms with Crippen LogP contribution in [-0.4, -0.2) is 17.4 Å². The largest absolute Gasteiger partial charge is 0.384 e. The van der Waals surface area contributed by atoms with Gasteiger partial charge in [0.1, 0.15) is 5.69 Å². The second-order valence-electron chi connectivity index (χ2n) is 4.79. The Balaban J connectivity index is 2.04. The molecule has 0 saturated heterocycles. The lowest BCUT2D eigenvalue weighted by Gasteiger charge is -2.16. The van der Waals surface area contributed by atoms with Crippen molar-refractivity contribution in [2.24, 2.45) is 0 Å². The smallest absolute Gasteiger partial charge is 0.270 e. The molecule has 112 valence electrons. The predicted octanol–water partition coefficient (Wildman–Crippen LogP) is 3.85. The number of nitrogens with one attached hydrogen (secondary N) is 2. The van der Waals surface area contributed by atoms with E-state index in [1.165, 1.54) is 4.88 Å². The Kier molecular flexibility index (Phi) is 5.75. The molecule has 0 aliphatic heterocycles. The van der Waals surface area contributed by atoms with E-state index in [-0.39, 0.29) is 11.9 Å². The standard InChI is InChI=1S/C16H21N3OS/c1-3-6-13(15-7-5-10-21-15)19-16(20)14-9-8-12(11-18-14)17-4-2/h5,7-11,13,17H,3-4,6H2,1-2H3,(H,19,20). The van der Waals surface area contributed by atoms with Gasteiger partial charge in [0.25, 0.3) is 5.91 Å². The van der Waals surface area contributed by atoms with Crippen LogP contribution in [0.5, 0.6) is 0 Å². The van der Waals surface area contributed by atoms with Gasteiger partial charge in [0.2, 0.25) is 0 Å². The Morgan fingerprint density at radius 2 is 2.19 bits per heavy atom. The maximum Gasteiger partial charge on any atom is 0.270 e. The van der Waals surface area contributed by atoms with E-state index in [0.717, 1.165) is 25.1 Å². The van der Waals surface area contributed by atoms with Crippen LogP contribution in [0, 0.1) is 0 Å². The number of rotatable bonds is 7. The van der Waals surface area contributed by atoms with Gasteiger partial charge in [-0.15, -0.1) is 11.3 Å². The zero-order valence-electron chi connectivity index (χ0n) is 12.4. The van der Waals surface area contributed by atoms with Crippen molar-refractivity contribution in [3.8, 4) is 0 Å². The molecule has 1 unspecified atom stereocenters. The summed E-state index contributed by atoms with van der Waals surface area (Å²) in [7, 11) is 0. The fraction of sp³-hybridized carbons (Fsp3) is 0.375. The molecule has 2 heterocycles. The third kappa shape index (κ3) is 4.29. The summed E-state index contributed by atoms with van der Waals surface area (Å²) in [4.78, 5) is 17.7. The molecule has 1 amide bonds. The molecule has 0 aliphatic carbocycles. The highest BCUT2D eigenvalue weighted by Gasteiger charge is 2.16. The van der Waals surface area contributed by atoms with Gasteiger partial charge in [0, 0.05) is 11.4 Å². The zero-order valence-corrected chi connectivity index (χ0v) is 13.2. The molecule has 2 aromatic rings. The highest BCUT2D eigenvalue weighted by atomic mass is 32.1. The van der Waals surface area contributed by atoms with Gasteiger partial charge in [-0.25, -0.2) is 4.98 Å². The summed E-state index contributed by atoms with van der Waals surface area (Å²) in [6.45, 7) is 4.98. The van der Waals surface area contributed by atoms with E-state index in [9.17, 15) is 4.79 Å². The lowest BCUT2D eigenvalue weighted by Crippen LogP contribution is -2.28. The summed E-state index contributed by atoms with van der Waals surface area (Å²) in [5.41, 5.74) is 1.38. The number of carbonyl (C=O) groups excluding carboxylic acids is 1. The van der Waals surface area contributed by atoms with E-state index >= 15 is 0 Å². The third-order valence-electron chi connectivity index (χ3n) is 3.15. The van der Waals surface area contributed by atoms with E-state index in [4.69, 9.17) is 0 Å². The number of nitrogens with zero attached hydrogens (tertiary/aromatic N) is 1. The van der Waals surface area contributed by atoms with Gasteiger partial charge in [-0.05, 0) is 36.9 Å². The summed E-state index contributed by atoms with van der Waals surface area (Å²) in [6.07, 6.45) is 3.65. The van der Waals surface area contributed by atoms with Crippen molar-refractivity contribution in [3.05, 3.63) is 46.4 Å². The minimum Gasteiger partial charge on any atom is -0.384 e. The first-order valence-electron chi connectivity index (χ1n) is 7.28. The molecular formula is C16H21N3OS. The SMILES string of the molecule is CCCC(NC(=O)c1ccc(NCC)cn1)c1cccs1. The summed E-state index contributed by atoms with van der Waals surface area (Å²) >= 11 is 1.67. The van der Waals surface area contributed by atoms with Crippen LogP contribution in [0.3, 0.4) is 0 Å². The lowest BCUT2D eigenvalue weighted by atomic mass is 10.1. The number of hydrogen-bond donors (Lipinski definition) is 2. The van der Waals surface area contributed by atoms with Gasteiger partial charge in [0.05, 0.1) is 17.9 Å². The first-order chi connectivity index (χ1) is 10.2. The number of anilines is 1. The van der Waals surface area contributed by atoms with Crippen molar-refractivity contribution in [1.29, 1.82) is 0 Å². The molecule has 0 aromatic carbocycles. The summed E-state index contributed by atoms with van der Waals surface area (Å²) < 4.78 is 0. The van der Waals surface area contributed by atoms with Gasteiger partial charge in [-0.3, -0.25) is 4.79 Å². The van der Waals surface area contributed by atoms with Crippen LogP contribution in [-0.2, 0) is 0 Å². The molecule has 0 spiro atoms. The second-order valence-corrected chi connectivity index (χ2v) is 5.77. The predicted molar refractivity (Wildman–Crippen MR) is 87.8 cm³/mol. The van der Waals surface area contributed by atoms with Crippen molar-refractivity contribution < 1.29 is 4.79 Å². The summed E-state index contributed by atoms with van der Waals surface area (Å²) in [6, 6.07) is 7.78. The Bertz CT molecular complexity index is 551. The minimum absolute atomic E-state index is 0.0674. The van der Waals surface area contributed by atoms with E-state index < -0.39 is 0 Å². The van der Waals surface area contributed by atoms with E-state index in [0.29, 0.717) is 5.69 Å². The Morgan fingerprint density at radius 1 is 1.33 bits per heavy atom.